The van der Waals surface area contributed by atoms with Crippen LogP contribution in [0.25, 0.3) is 0 Å². The van der Waals surface area contributed by atoms with Crippen LogP contribution >= 0.6 is 0 Å². The zero-order valence-electron chi connectivity index (χ0n) is 10.4. The number of methoxy groups -OCH3 is 1. The molecule has 0 aliphatic rings. The minimum absolute atomic E-state index is 0.453. The van der Waals surface area contributed by atoms with E-state index in [0.717, 1.165) is 0 Å². The molecule has 0 aromatic carbocycles. The van der Waals surface area contributed by atoms with Crippen molar-refractivity contribution in [2.45, 2.75) is 45.8 Å². The van der Waals surface area contributed by atoms with Crippen LogP contribution in [0.3, 0.4) is 0 Å². The Kier molecular flexibility index (Phi) is 8.47. The van der Waals surface area contributed by atoms with Gasteiger partial charge >= 0.3 is 12.1 Å². The van der Waals surface area contributed by atoms with Gasteiger partial charge in [0.05, 0.1) is 0 Å². The van der Waals surface area contributed by atoms with Gasteiger partial charge in [-0.25, -0.2) is 9.59 Å². The maximum atomic E-state index is 10.0. The summed E-state index contributed by atoms with van der Waals surface area (Å²) in [5.74, 6) is -0.894. The number of nitrogens with two attached hydrogens (primary N) is 1. The van der Waals surface area contributed by atoms with Gasteiger partial charge in [0.1, 0.15) is 5.60 Å². The Morgan fingerprint density at radius 1 is 1.38 bits per heavy atom. The van der Waals surface area contributed by atoms with E-state index in [1.54, 1.807) is 27.7 Å². The number of carbonyl (C=O) groups is 2. The summed E-state index contributed by atoms with van der Waals surface area (Å²) in [5.41, 5.74) is 4.26. The number of aliphatic carboxylic acids is 1. The van der Waals surface area contributed by atoms with Crippen molar-refractivity contribution in [2.75, 3.05) is 7.11 Å². The summed E-state index contributed by atoms with van der Waals surface area (Å²) in [5, 5.41) is 8.25. The van der Waals surface area contributed by atoms with E-state index in [1.807, 2.05) is 0 Å². The van der Waals surface area contributed by atoms with Crippen LogP contribution in [0.2, 0.25) is 0 Å². The quantitative estimate of drug-likeness (QED) is 0.769. The molecule has 96 valence electrons. The molecule has 0 saturated heterocycles. The lowest BCUT2D eigenvalue weighted by Gasteiger charge is -2.16. The molecular formula is C10H21NO5. The normalized spacial score (nSPS) is 12.1. The Balaban J connectivity index is 0. The number of hydrogen-bond donors (Lipinski definition) is 2. The van der Waals surface area contributed by atoms with Crippen LogP contribution in [-0.4, -0.2) is 36.0 Å². The standard InChI is InChI=1S/C5H11NO2.C5H10O3/c1-5(2,3)8-4(6)7;1-3-4(8-2)5(6)7/h1-3H3,(H2,6,7);4H,3H2,1-2H3,(H,6,7). The smallest absolute Gasteiger partial charge is 0.405 e. The number of carboxylic acids is 1. The first kappa shape index (κ1) is 17.1. The van der Waals surface area contributed by atoms with Gasteiger partial charge in [0.15, 0.2) is 6.10 Å². The summed E-state index contributed by atoms with van der Waals surface area (Å²) in [4.78, 5) is 20.1. The first-order chi connectivity index (χ1) is 7.14. The first-order valence-electron chi connectivity index (χ1n) is 4.88. The summed E-state index contributed by atoms with van der Waals surface area (Å²) in [6, 6.07) is 0. The number of ether oxygens (including phenoxy) is 2. The third-order valence-corrected chi connectivity index (χ3v) is 1.34. The van der Waals surface area contributed by atoms with E-state index in [2.05, 4.69) is 9.47 Å². The molecule has 0 aromatic rings. The van der Waals surface area contributed by atoms with Crippen LogP contribution in [0, 0.1) is 0 Å². The summed E-state index contributed by atoms with van der Waals surface area (Å²) >= 11 is 0. The van der Waals surface area contributed by atoms with Crippen molar-refractivity contribution in [1.29, 1.82) is 0 Å². The Hall–Kier alpha value is -1.30. The third kappa shape index (κ3) is 12.7. The van der Waals surface area contributed by atoms with Gasteiger partial charge in [0.25, 0.3) is 0 Å². The second-order valence-electron chi connectivity index (χ2n) is 4.00. The molecule has 0 fully saturated rings. The lowest BCUT2D eigenvalue weighted by Crippen LogP contribution is -2.27. The van der Waals surface area contributed by atoms with Crippen LogP contribution in [0.15, 0.2) is 0 Å². The monoisotopic (exact) mass is 235 g/mol. The minimum atomic E-state index is -0.894. The zero-order chi connectivity index (χ0) is 13.4. The predicted octanol–water partition coefficient (Wildman–Crippen LogP) is 1.38. The number of primary amides is 1. The van der Waals surface area contributed by atoms with Crippen molar-refractivity contribution in [3.63, 3.8) is 0 Å². The highest BCUT2D eigenvalue weighted by atomic mass is 16.6. The largest absolute Gasteiger partial charge is 0.479 e. The van der Waals surface area contributed by atoms with Crippen molar-refractivity contribution < 1.29 is 24.2 Å². The molecule has 1 unspecified atom stereocenters. The molecule has 6 heteroatoms. The fourth-order valence-corrected chi connectivity index (χ4v) is 0.744. The van der Waals surface area contributed by atoms with Gasteiger partial charge in [-0.3, -0.25) is 0 Å². The van der Waals surface area contributed by atoms with E-state index in [-0.39, 0.29) is 0 Å². The van der Waals surface area contributed by atoms with Crippen LogP contribution in [0.1, 0.15) is 34.1 Å². The second kappa shape index (κ2) is 7.92. The zero-order valence-corrected chi connectivity index (χ0v) is 10.4. The first-order valence-corrected chi connectivity index (χ1v) is 4.88. The van der Waals surface area contributed by atoms with Crippen molar-refractivity contribution in [3.8, 4) is 0 Å². The van der Waals surface area contributed by atoms with E-state index in [0.29, 0.717) is 6.42 Å². The molecule has 1 atom stereocenters. The summed E-state index contributed by atoms with van der Waals surface area (Å²) < 4.78 is 9.14. The third-order valence-electron chi connectivity index (χ3n) is 1.34. The molecule has 1 amide bonds. The molecule has 0 spiro atoms. The highest BCUT2D eigenvalue weighted by Gasteiger charge is 2.12. The molecule has 6 nitrogen and oxygen atoms in total. The van der Waals surface area contributed by atoms with Crippen LogP contribution in [0.5, 0.6) is 0 Å². The topological polar surface area (TPSA) is 98.9 Å². The average molecular weight is 235 g/mol. The van der Waals surface area contributed by atoms with Crippen molar-refractivity contribution in [1.82, 2.24) is 0 Å². The van der Waals surface area contributed by atoms with Crippen LogP contribution < -0.4 is 5.73 Å². The Morgan fingerprint density at radius 3 is 1.81 bits per heavy atom. The summed E-state index contributed by atoms with van der Waals surface area (Å²) in [6.07, 6.45) is -0.834. The van der Waals surface area contributed by atoms with Crippen molar-refractivity contribution >= 4 is 12.1 Å². The molecule has 0 heterocycles. The molecule has 0 rings (SSSR count). The van der Waals surface area contributed by atoms with E-state index < -0.39 is 23.8 Å². The van der Waals surface area contributed by atoms with Gasteiger partial charge in [-0.15, -0.1) is 0 Å². The second-order valence-corrected chi connectivity index (χ2v) is 4.00. The average Bonchev–Trinajstić information content (AvgIpc) is 2.01. The van der Waals surface area contributed by atoms with E-state index in [4.69, 9.17) is 10.8 Å². The Bertz CT molecular complexity index is 218. The highest BCUT2D eigenvalue weighted by Crippen LogP contribution is 2.04. The lowest BCUT2D eigenvalue weighted by atomic mass is 10.2. The maximum Gasteiger partial charge on any atom is 0.405 e. The SMILES string of the molecule is CC(C)(C)OC(N)=O.CCC(OC)C(=O)O. The van der Waals surface area contributed by atoms with Gasteiger partial charge in [-0.2, -0.15) is 0 Å². The fourth-order valence-electron chi connectivity index (χ4n) is 0.744. The van der Waals surface area contributed by atoms with Gasteiger partial charge in [0, 0.05) is 7.11 Å². The molecular weight excluding hydrogens is 214 g/mol. The predicted molar refractivity (Wildman–Crippen MR) is 59.1 cm³/mol. The van der Waals surface area contributed by atoms with Gasteiger partial charge in [-0.05, 0) is 27.2 Å². The molecule has 0 saturated carbocycles. The summed E-state index contributed by atoms with van der Waals surface area (Å²) in [7, 11) is 1.39. The fraction of sp³-hybridized carbons (Fsp3) is 0.800. The summed E-state index contributed by atoms with van der Waals surface area (Å²) in [6.45, 7) is 7.05. The molecule has 3 N–H and O–H groups in total. The molecule has 0 aliphatic heterocycles. The molecule has 0 bridgehead atoms. The van der Waals surface area contributed by atoms with Crippen LogP contribution in [0.4, 0.5) is 4.79 Å². The Labute approximate surface area is 95.7 Å². The molecule has 0 radical (unpaired) electrons. The van der Waals surface area contributed by atoms with Crippen molar-refractivity contribution in [2.24, 2.45) is 5.73 Å². The van der Waals surface area contributed by atoms with Gasteiger partial charge in [-0.1, -0.05) is 6.92 Å². The molecule has 0 aliphatic carbocycles. The Morgan fingerprint density at radius 2 is 1.81 bits per heavy atom. The molecule has 16 heavy (non-hydrogen) atoms. The number of hydrogen-bond acceptors (Lipinski definition) is 4. The van der Waals surface area contributed by atoms with Gasteiger partial charge in [0.2, 0.25) is 0 Å². The number of carbonyl (C=O) groups excluding carboxylic acids is 1. The lowest BCUT2D eigenvalue weighted by molar-refractivity contribution is -0.148. The van der Waals surface area contributed by atoms with E-state index in [1.165, 1.54) is 7.11 Å². The number of amides is 1. The van der Waals surface area contributed by atoms with E-state index in [9.17, 15) is 9.59 Å². The van der Waals surface area contributed by atoms with Crippen molar-refractivity contribution in [3.05, 3.63) is 0 Å². The maximum absolute atomic E-state index is 10.0. The van der Waals surface area contributed by atoms with Gasteiger partial charge < -0.3 is 20.3 Å². The van der Waals surface area contributed by atoms with E-state index >= 15 is 0 Å². The molecule has 0 aromatic heterocycles. The number of rotatable bonds is 3. The highest BCUT2D eigenvalue weighted by molar-refractivity contribution is 5.72. The van der Waals surface area contributed by atoms with Crippen LogP contribution in [-0.2, 0) is 14.3 Å². The minimum Gasteiger partial charge on any atom is -0.479 e. The number of carboxylic acid groups (broad SMARTS) is 1.